The molecule has 104 valence electrons. The van der Waals surface area contributed by atoms with Crippen LogP contribution >= 0.6 is 15.9 Å². The predicted octanol–water partition coefficient (Wildman–Crippen LogP) is 2.53. The minimum atomic E-state index is 0.107. The zero-order valence-electron chi connectivity index (χ0n) is 11.0. The van der Waals surface area contributed by atoms with Crippen molar-refractivity contribution in [1.29, 1.82) is 0 Å². The molecule has 0 aromatic heterocycles. The van der Waals surface area contributed by atoms with Crippen molar-refractivity contribution in [1.82, 2.24) is 5.32 Å². The van der Waals surface area contributed by atoms with Crippen molar-refractivity contribution in [2.24, 2.45) is 5.92 Å². The van der Waals surface area contributed by atoms with Gasteiger partial charge in [-0.3, -0.25) is 4.79 Å². The van der Waals surface area contributed by atoms with Gasteiger partial charge in [0.1, 0.15) is 0 Å². The van der Waals surface area contributed by atoms with Gasteiger partial charge in [0.2, 0.25) is 5.91 Å². The topological polar surface area (TPSA) is 50.4 Å². The molecule has 1 fully saturated rings. The van der Waals surface area contributed by atoms with Gasteiger partial charge in [-0.25, -0.2) is 0 Å². The van der Waals surface area contributed by atoms with Gasteiger partial charge in [0, 0.05) is 28.8 Å². The molecular weight excluding hydrogens is 308 g/mol. The minimum absolute atomic E-state index is 0.107. The second kappa shape index (κ2) is 7.03. The average Bonchev–Trinajstić information content (AvgIpc) is 2.43. The third-order valence-corrected chi connectivity index (χ3v) is 4.12. The maximum atomic E-state index is 12.2. The molecule has 19 heavy (non-hydrogen) atoms. The van der Waals surface area contributed by atoms with Crippen molar-refractivity contribution >= 4 is 27.5 Å². The van der Waals surface area contributed by atoms with Crippen LogP contribution in [0.25, 0.3) is 0 Å². The summed E-state index contributed by atoms with van der Waals surface area (Å²) in [5.74, 6) is 0.215. The van der Waals surface area contributed by atoms with E-state index < -0.39 is 0 Å². The average molecular weight is 327 g/mol. The molecule has 1 aromatic rings. The molecule has 4 nitrogen and oxygen atoms in total. The molecule has 0 atom stereocenters. The molecule has 5 heteroatoms. The standard InChI is InChI=1S/C14H19BrN2O2/c1-19-9-11-12(15)3-2-4-13(11)17-14(18)10-5-7-16-8-6-10/h2-4,10,16H,5-9H2,1H3,(H,17,18). The van der Waals surface area contributed by atoms with Crippen molar-refractivity contribution in [3.8, 4) is 0 Å². The molecule has 1 saturated heterocycles. The second-order valence-electron chi connectivity index (χ2n) is 4.71. The van der Waals surface area contributed by atoms with Crippen LogP contribution in [0.1, 0.15) is 18.4 Å². The number of piperidine rings is 1. The maximum absolute atomic E-state index is 12.2. The van der Waals surface area contributed by atoms with Crippen LogP contribution in [0.15, 0.2) is 22.7 Å². The summed E-state index contributed by atoms with van der Waals surface area (Å²) in [7, 11) is 1.65. The Balaban J connectivity index is 2.09. The lowest BCUT2D eigenvalue weighted by Gasteiger charge is -2.22. The monoisotopic (exact) mass is 326 g/mol. The first-order valence-corrected chi connectivity index (χ1v) is 7.29. The van der Waals surface area contributed by atoms with Crippen molar-refractivity contribution < 1.29 is 9.53 Å². The minimum Gasteiger partial charge on any atom is -0.380 e. The lowest BCUT2D eigenvalue weighted by Crippen LogP contribution is -2.34. The highest BCUT2D eigenvalue weighted by molar-refractivity contribution is 9.10. The van der Waals surface area contributed by atoms with Crippen LogP contribution < -0.4 is 10.6 Å². The molecule has 0 unspecified atom stereocenters. The highest BCUT2D eigenvalue weighted by Gasteiger charge is 2.21. The predicted molar refractivity (Wildman–Crippen MR) is 79.1 cm³/mol. The van der Waals surface area contributed by atoms with Crippen LogP contribution in [0.2, 0.25) is 0 Å². The van der Waals surface area contributed by atoms with E-state index in [0.717, 1.165) is 41.7 Å². The number of hydrogen-bond acceptors (Lipinski definition) is 3. The van der Waals surface area contributed by atoms with Crippen molar-refractivity contribution in [3.63, 3.8) is 0 Å². The summed E-state index contributed by atoms with van der Waals surface area (Å²) in [6.07, 6.45) is 1.80. The van der Waals surface area contributed by atoms with Gasteiger partial charge in [-0.05, 0) is 38.1 Å². The molecule has 0 radical (unpaired) electrons. The Bertz CT molecular complexity index is 445. The van der Waals surface area contributed by atoms with Gasteiger partial charge in [0.15, 0.2) is 0 Å². The quantitative estimate of drug-likeness (QED) is 0.893. The smallest absolute Gasteiger partial charge is 0.227 e. The zero-order valence-corrected chi connectivity index (χ0v) is 12.6. The summed E-state index contributed by atoms with van der Waals surface area (Å²) in [6, 6.07) is 5.79. The van der Waals surface area contributed by atoms with Gasteiger partial charge in [0.05, 0.1) is 6.61 Å². The van der Waals surface area contributed by atoms with Crippen LogP contribution in [0.4, 0.5) is 5.69 Å². The van der Waals surface area contributed by atoms with Crippen molar-refractivity contribution in [2.75, 3.05) is 25.5 Å². The molecular formula is C14H19BrN2O2. The number of carbonyl (C=O) groups is 1. The highest BCUT2D eigenvalue weighted by Crippen LogP contribution is 2.26. The maximum Gasteiger partial charge on any atom is 0.227 e. The molecule has 1 aliphatic heterocycles. The number of methoxy groups -OCH3 is 1. The van der Waals surface area contributed by atoms with Gasteiger partial charge in [-0.2, -0.15) is 0 Å². The number of halogens is 1. The number of rotatable bonds is 4. The third kappa shape index (κ3) is 3.78. The molecule has 1 heterocycles. The first kappa shape index (κ1) is 14.5. The fraction of sp³-hybridized carbons (Fsp3) is 0.500. The van der Waals surface area contributed by atoms with E-state index in [1.54, 1.807) is 7.11 Å². The van der Waals surface area contributed by atoms with Crippen molar-refractivity contribution in [3.05, 3.63) is 28.2 Å². The Morgan fingerprint density at radius 2 is 2.21 bits per heavy atom. The zero-order chi connectivity index (χ0) is 13.7. The number of anilines is 1. The first-order chi connectivity index (χ1) is 9.22. The van der Waals surface area contributed by atoms with Gasteiger partial charge in [-0.1, -0.05) is 22.0 Å². The van der Waals surface area contributed by atoms with Crippen LogP contribution in [-0.2, 0) is 16.1 Å². The van der Waals surface area contributed by atoms with Crippen LogP contribution in [0.3, 0.4) is 0 Å². The SMILES string of the molecule is COCc1c(Br)cccc1NC(=O)C1CCNCC1. The number of ether oxygens (including phenoxy) is 1. The van der Waals surface area contributed by atoms with Gasteiger partial charge in [0.25, 0.3) is 0 Å². The fourth-order valence-corrected chi connectivity index (χ4v) is 2.77. The lowest BCUT2D eigenvalue weighted by molar-refractivity contribution is -0.120. The van der Waals surface area contributed by atoms with Gasteiger partial charge >= 0.3 is 0 Å². The summed E-state index contributed by atoms with van der Waals surface area (Å²) < 4.78 is 6.14. The van der Waals surface area contributed by atoms with E-state index in [1.807, 2.05) is 18.2 Å². The number of amides is 1. The molecule has 0 spiro atoms. The van der Waals surface area contributed by atoms with Gasteiger partial charge in [-0.15, -0.1) is 0 Å². The number of hydrogen-bond donors (Lipinski definition) is 2. The summed E-state index contributed by atoms with van der Waals surface area (Å²) in [5.41, 5.74) is 1.81. The summed E-state index contributed by atoms with van der Waals surface area (Å²) >= 11 is 3.49. The molecule has 1 aliphatic rings. The summed E-state index contributed by atoms with van der Waals surface area (Å²) in [4.78, 5) is 12.2. The molecule has 2 N–H and O–H groups in total. The Labute approximate surface area is 122 Å². The van der Waals surface area contributed by atoms with E-state index >= 15 is 0 Å². The van der Waals surface area contributed by atoms with Gasteiger partial charge < -0.3 is 15.4 Å². The highest BCUT2D eigenvalue weighted by atomic mass is 79.9. The second-order valence-corrected chi connectivity index (χ2v) is 5.57. The van der Waals surface area contributed by atoms with E-state index in [1.165, 1.54) is 0 Å². The Kier molecular flexibility index (Phi) is 5.36. The van der Waals surface area contributed by atoms with Crippen LogP contribution in [0.5, 0.6) is 0 Å². The van der Waals surface area contributed by atoms with E-state index in [2.05, 4.69) is 26.6 Å². The fourth-order valence-electron chi connectivity index (χ4n) is 2.29. The molecule has 1 aromatic carbocycles. The summed E-state index contributed by atoms with van der Waals surface area (Å²) in [6.45, 7) is 2.31. The molecule has 0 saturated carbocycles. The molecule has 0 aliphatic carbocycles. The van der Waals surface area contributed by atoms with Crippen LogP contribution in [-0.4, -0.2) is 26.1 Å². The lowest BCUT2D eigenvalue weighted by atomic mass is 9.97. The molecule has 2 rings (SSSR count). The van der Waals surface area contributed by atoms with E-state index in [9.17, 15) is 4.79 Å². The third-order valence-electron chi connectivity index (χ3n) is 3.38. The Morgan fingerprint density at radius 1 is 1.47 bits per heavy atom. The summed E-state index contributed by atoms with van der Waals surface area (Å²) in [5, 5.41) is 6.30. The van der Waals surface area contributed by atoms with E-state index in [4.69, 9.17) is 4.74 Å². The number of carbonyl (C=O) groups excluding carboxylic acids is 1. The van der Waals surface area contributed by atoms with E-state index in [0.29, 0.717) is 6.61 Å². The largest absolute Gasteiger partial charge is 0.380 e. The number of nitrogens with one attached hydrogen (secondary N) is 2. The number of benzene rings is 1. The first-order valence-electron chi connectivity index (χ1n) is 6.50. The van der Waals surface area contributed by atoms with Crippen molar-refractivity contribution in [2.45, 2.75) is 19.4 Å². The normalized spacial score (nSPS) is 16.3. The molecule has 0 bridgehead atoms. The van der Waals surface area contributed by atoms with Crippen LogP contribution in [0, 0.1) is 5.92 Å². The molecule has 1 amide bonds. The Morgan fingerprint density at radius 3 is 2.89 bits per heavy atom. The van der Waals surface area contributed by atoms with E-state index in [-0.39, 0.29) is 11.8 Å². The Hall–Kier alpha value is -0.910.